The van der Waals surface area contributed by atoms with E-state index in [0.29, 0.717) is 12.8 Å². The van der Waals surface area contributed by atoms with Gasteiger partial charge in [-0.25, -0.2) is 0 Å². The summed E-state index contributed by atoms with van der Waals surface area (Å²) in [5.74, 6) is 0.0873. The van der Waals surface area contributed by atoms with Gasteiger partial charge in [0.05, 0.1) is 11.1 Å². The van der Waals surface area contributed by atoms with Crippen molar-refractivity contribution in [3.05, 3.63) is 78.4 Å². The lowest BCUT2D eigenvalue weighted by molar-refractivity contribution is -0.124. The summed E-state index contributed by atoms with van der Waals surface area (Å²) < 4.78 is 5.25. The van der Waals surface area contributed by atoms with Crippen LogP contribution in [0.1, 0.15) is 17.5 Å². The number of rotatable bonds is 6. The largest absolute Gasteiger partial charge is 0.364 e. The average Bonchev–Trinajstić information content (AvgIpc) is 2.80. The minimum Gasteiger partial charge on any atom is -0.364 e. The maximum absolute atomic E-state index is 13.3. The van der Waals surface area contributed by atoms with Crippen LogP contribution in [0, 0.1) is 0 Å². The molecule has 0 aliphatic carbocycles. The monoisotopic (exact) mass is 307 g/mol. The van der Waals surface area contributed by atoms with Crippen LogP contribution >= 0.6 is 0 Å². The maximum atomic E-state index is 13.3. The van der Waals surface area contributed by atoms with Gasteiger partial charge in [-0.05, 0) is 30.0 Å². The predicted molar refractivity (Wildman–Crippen MR) is 92.4 cm³/mol. The Hall–Kier alpha value is -2.39. The highest BCUT2D eigenvalue weighted by Gasteiger charge is 2.49. The van der Waals surface area contributed by atoms with Gasteiger partial charge in [-0.1, -0.05) is 54.6 Å². The number of amides is 1. The molecule has 1 aliphatic heterocycles. The van der Waals surface area contributed by atoms with Crippen LogP contribution in [0.15, 0.2) is 67.3 Å². The first-order valence-corrected chi connectivity index (χ1v) is 7.78. The van der Waals surface area contributed by atoms with E-state index in [1.165, 1.54) is 0 Å². The first kappa shape index (κ1) is 15.5. The molecule has 1 amide bonds. The van der Waals surface area contributed by atoms with Gasteiger partial charge in [0.2, 0.25) is 5.91 Å². The zero-order valence-corrected chi connectivity index (χ0v) is 13.4. The molecule has 0 N–H and O–H groups in total. The van der Waals surface area contributed by atoms with Gasteiger partial charge >= 0.3 is 0 Å². The van der Waals surface area contributed by atoms with E-state index in [-0.39, 0.29) is 12.6 Å². The Morgan fingerprint density at radius 2 is 1.83 bits per heavy atom. The summed E-state index contributed by atoms with van der Waals surface area (Å²) in [5, 5.41) is 0. The van der Waals surface area contributed by atoms with Gasteiger partial charge in [-0.3, -0.25) is 9.69 Å². The van der Waals surface area contributed by atoms with Crippen LogP contribution < -0.4 is 4.90 Å². The zero-order chi connectivity index (χ0) is 16.3. The Morgan fingerprint density at radius 3 is 2.52 bits per heavy atom. The standard InChI is InChI=1S/C20H21NO2/c1-3-13-20(14-16-9-5-4-6-10-16)17-11-7-8-12-18(17)21(15-23-2)19(20)22/h3-12H,1,13-15H2,2H3. The molecule has 3 nitrogen and oxygen atoms in total. The summed E-state index contributed by atoms with van der Waals surface area (Å²) in [6.45, 7) is 4.15. The SMILES string of the molecule is C=CCC1(Cc2ccccc2)C(=O)N(COC)c2ccccc21. The molecule has 0 spiro atoms. The minimum atomic E-state index is -0.599. The molecule has 0 aromatic heterocycles. The lowest BCUT2D eigenvalue weighted by atomic mass is 9.74. The molecule has 3 rings (SSSR count). The minimum absolute atomic E-state index is 0.0873. The summed E-state index contributed by atoms with van der Waals surface area (Å²) in [6, 6.07) is 18.1. The highest BCUT2D eigenvalue weighted by Crippen LogP contribution is 2.46. The Bertz CT molecular complexity index is 711. The Balaban J connectivity index is 2.11. The molecule has 0 bridgehead atoms. The van der Waals surface area contributed by atoms with Crippen LogP contribution in [-0.4, -0.2) is 19.7 Å². The summed E-state index contributed by atoms with van der Waals surface area (Å²) in [7, 11) is 1.61. The molecule has 1 aliphatic rings. The third-order valence-corrected chi connectivity index (χ3v) is 4.46. The number of benzene rings is 2. The molecule has 1 heterocycles. The van der Waals surface area contributed by atoms with Crippen LogP contribution in [0.2, 0.25) is 0 Å². The number of allylic oxidation sites excluding steroid dienone is 1. The van der Waals surface area contributed by atoms with Gasteiger partial charge < -0.3 is 4.74 Å². The number of carbonyl (C=O) groups excluding carboxylic acids is 1. The van der Waals surface area contributed by atoms with Gasteiger partial charge in [0.1, 0.15) is 6.73 Å². The summed E-state index contributed by atoms with van der Waals surface area (Å²) in [5.41, 5.74) is 2.55. The van der Waals surface area contributed by atoms with Crippen LogP contribution in [0.3, 0.4) is 0 Å². The fourth-order valence-corrected chi connectivity index (χ4v) is 3.48. The van der Waals surface area contributed by atoms with E-state index in [4.69, 9.17) is 4.74 Å². The molecule has 0 radical (unpaired) electrons. The van der Waals surface area contributed by atoms with Gasteiger partial charge in [-0.2, -0.15) is 0 Å². The average molecular weight is 307 g/mol. The molecule has 1 atom stereocenters. The van der Waals surface area contributed by atoms with Gasteiger partial charge in [0.15, 0.2) is 0 Å². The number of hydrogen-bond donors (Lipinski definition) is 0. The van der Waals surface area contributed by atoms with Crippen molar-refractivity contribution in [2.75, 3.05) is 18.7 Å². The first-order valence-electron chi connectivity index (χ1n) is 7.78. The quantitative estimate of drug-likeness (QED) is 0.762. The number of para-hydroxylation sites is 1. The van der Waals surface area contributed by atoms with E-state index in [1.807, 2.05) is 42.5 Å². The maximum Gasteiger partial charge on any atom is 0.240 e. The molecule has 118 valence electrons. The number of nitrogens with zero attached hydrogens (tertiary/aromatic N) is 1. The molecule has 2 aromatic carbocycles. The second-order valence-electron chi connectivity index (χ2n) is 5.91. The van der Waals surface area contributed by atoms with Crippen molar-refractivity contribution >= 4 is 11.6 Å². The normalized spacial score (nSPS) is 19.7. The van der Waals surface area contributed by atoms with Crippen LogP contribution in [0.25, 0.3) is 0 Å². The van der Waals surface area contributed by atoms with Crippen LogP contribution in [0.5, 0.6) is 0 Å². The van der Waals surface area contributed by atoms with Crippen LogP contribution in [0.4, 0.5) is 5.69 Å². The molecular weight excluding hydrogens is 286 g/mol. The third-order valence-electron chi connectivity index (χ3n) is 4.46. The van der Waals surface area contributed by atoms with E-state index >= 15 is 0 Å². The van der Waals surface area contributed by atoms with Crippen molar-refractivity contribution in [2.45, 2.75) is 18.3 Å². The fourth-order valence-electron chi connectivity index (χ4n) is 3.48. The summed E-state index contributed by atoms with van der Waals surface area (Å²) in [4.78, 5) is 15.0. The van der Waals surface area contributed by atoms with Gasteiger partial charge in [0, 0.05) is 7.11 Å². The number of fused-ring (bicyclic) bond motifs is 1. The second kappa shape index (κ2) is 6.39. The lowest BCUT2D eigenvalue weighted by Gasteiger charge is -2.28. The Labute approximate surface area is 137 Å². The molecule has 23 heavy (non-hydrogen) atoms. The van der Waals surface area contributed by atoms with Crippen molar-refractivity contribution in [1.29, 1.82) is 0 Å². The summed E-state index contributed by atoms with van der Waals surface area (Å²) in [6.07, 6.45) is 3.11. The predicted octanol–water partition coefficient (Wildman–Crippen LogP) is 3.69. The van der Waals surface area contributed by atoms with E-state index < -0.39 is 5.41 Å². The third kappa shape index (κ3) is 2.57. The molecule has 2 aromatic rings. The molecule has 3 heteroatoms. The summed E-state index contributed by atoms with van der Waals surface area (Å²) >= 11 is 0. The smallest absolute Gasteiger partial charge is 0.240 e. The number of methoxy groups -OCH3 is 1. The first-order chi connectivity index (χ1) is 11.2. The molecule has 0 saturated carbocycles. The number of anilines is 1. The van der Waals surface area contributed by atoms with Crippen molar-refractivity contribution in [3.63, 3.8) is 0 Å². The van der Waals surface area contributed by atoms with E-state index in [0.717, 1.165) is 16.8 Å². The molecule has 0 saturated heterocycles. The zero-order valence-electron chi connectivity index (χ0n) is 13.4. The van der Waals surface area contributed by atoms with Crippen molar-refractivity contribution in [1.82, 2.24) is 0 Å². The van der Waals surface area contributed by atoms with Crippen LogP contribution in [-0.2, 0) is 21.4 Å². The second-order valence-corrected chi connectivity index (χ2v) is 5.91. The highest BCUT2D eigenvalue weighted by molar-refractivity contribution is 6.08. The van der Waals surface area contributed by atoms with Crippen molar-refractivity contribution < 1.29 is 9.53 Å². The number of carbonyl (C=O) groups is 1. The van der Waals surface area contributed by atoms with Gasteiger partial charge in [0.25, 0.3) is 0 Å². The highest BCUT2D eigenvalue weighted by atomic mass is 16.5. The topological polar surface area (TPSA) is 29.5 Å². The molecule has 0 fully saturated rings. The Morgan fingerprint density at radius 1 is 1.13 bits per heavy atom. The van der Waals surface area contributed by atoms with E-state index in [9.17, 15) is 4.79 Å². The number of ether oxygens (including phenoxy) is 1. The van der Waals surface area contributed by atoms with Gasteiger partial charge in [-0.15, -0.1) is 6.58 Å². The fraction of sp³-hybridized carbons (Fsp3) is 0.250. The molecule has 1 unspecified atom stereocenters. The Kier molecular flexibility index (Phi) is 4.30. The van der Waals surface area contributed by atoms with Crippen molar-refractivity contribution in [3.8, 4) is 0 Å². The lowest BCUT2D eigenvalue weighted by Crippen LogP contribution is -2.42. The van der Waals surface area contributed by atoms with E-state index in [1.54, 1.807) is 12.0 Å². The number of hydrogen-bond acceptors (Lipinski definition) is 2. The molecular formula is C20H21NO2. The van der Waals surface area contributed by atoms with E-state index in [2.05, 4.69) is 24.8 Å². The van der Waals surface area contributed by atoms with Crippen molar-refractivity contribution in [2.24, 2.45) is 0 Å².